The van der Waals surface area contributed by atoms with Crippen molar-refractivity contribution in [2.24, 2.45) is 11.7 Å². The lowest BCUT2D eigenvalue weighted by Crippen LogP contribution is -2.41. The number of hydrogen-bond donors (Lipinski definition) is 2. The van der Waals surface area contributed by atoms with E-state index in [9.17, 15) is 4.79 Å². The second-order valence-electron chi connectivity index (χ2n) is 5.34. The zero-order valence-corrected chi connectivity index (χ0v) is 14.6. The van der Waals surface area contributed by atoms with E-state index >= 15 is 0 Å². The topological polar surface area (TPSA) is 71.2 Å². The van der Waals surface area contributed by atoms with Crippen LogP contribution in [0.15, 0.2) is 18.3 Å². The van der Waals surface area contributed by atoms with Crippen molar-refractivity contribution in [3.63, 3.8) is 0 Å². The molecule has 5 nitrogen and oxygen atoms in total. The van der Waals surface area contributed by atoms with Gasteiger partial charge in [0.15, 0.2) is 0 Å². The smallest absolute Gasteiger partial charge is 0.253 e. The van der Waals surface area contributed by atoms with E-state index in [0.717, 1.165) is 12.2 Å². The van der Waals surface area contributed by atoms with E-state index in [-0.39, 0.29) is 36.8 Å². The molecule has 1 aromatic heterocycles. The Bertz CT molecular complexity index is 410. The summed E-state index contributed by atoms with van der Waals surface area (Å²) in [7, 11) is 3.82. The first-order valence-corrected chi connectivity index (χ1v) is 6.58. The third kappa shape index (κ3) is 7.50. The summed E-state index contributed by atoms with van der Waals surface area (Å²) in [6, 6.07) is 3.62. The van der Waals surface area contributed by atoms with Crippen LogP contribution in [-0.2, 0) is 0 Å². The van der Waals surface area contributed by atoms with Crippen LogP contribution in [0.25, 0.3) is 0 Å². The van der Waals surface area contributed by atoms with Gasteiger partial charge in [-0.25, -0.2) is 4.98 Å². The van der Waals surface area contributed by atoms with Crippen LogP contribution in [0.3, 0.4) is 0 Å². The molecular weight excluding hydrogens is 311 g/mol. The molecule has 0 spiro atoms. The number of carbonyl (C=O) groups excluding carboxylic acids is 1. The van der Waals surface area contributed by atoms with Crippen molar-refractivity contribution < 1.29 is 4.79 Å². The van der Waals surface area contributed by atoms with E-state index in [1.807, 2.05) is 25.1 Å². The van der Waals surface area contributed by atoms with Crippen LogP contribution in [-0.4, -0.2) is 37.6 Å². The summed E-state index contributed by atoms with van der Waals surface area (Å²) in [6.07, 6.45) is 2.47. The average molecular weight is 337 g/mol. The third-order valence-electron chi connectivity index (χ3n) is 2.84. The maximum Gasteiger partial charge on any atom is 0.253 e. The van der Waals surface area contributed by atoms with Gasteiger partial charge in [-0.2, -0.15) is 0 Å². The van der Waals surface area contributed by atoms with Gasteiger partial charge in [0.25, 0.3) is 5.91 Å². The van der Waals surface area contributed by atoms with E-state index in [1.165, 1.54) is 0 Å². The van der Waals surface area contributed by atoms with E-state index in [2.05, 4.69) is 24.1 Å². The van der Waals surface area contributed by atoms with E-state index in [1.54, 1.807) is 12.3 Å². The Morgan fingerprint density at radius 3 is 2.33 bits per heavy atom. The summed E-state index contributed by atoms with van der Waals surface area (Å²) in [6.45, 7) is 4.68. The molecule has 21 heavy (non-hydrogen) atoms. The molecule has 1 atom stereocenters. The van der Waals surface area contributed by atoms with Crippen molar-refractivity contribution in [3.8, 4) is 0 Å². The van der Waals surface area contributed by atoms with Crippen molar-refractivity contribution in [1.82, 2.24) is 10.3 Å². The number of nitrogens with zero attached hydrogens (tertiary/aromatic N) is 2. The van der Waals surface area contributed by atoms with Crippen molar-refractivity contribution in [2.75, 3.05) is 25.5 Å². The Balaban J connectivity index is 0. The number of pyridine rings is 1. The first kappa shape index (κ1) is 22.2. The van der Waals surface area contributed by atoms with Gasteiger partial charge in [-0.1, -0.05) is 13.8 Å². The molecule has 0 aliphatic heterocycles. The van der Waals surface area contributed by atoms with E-state index in [0.29, 0.717) is 18.0 Å². The summed E-state index contributed by atoms with van der Waals surface area (Å²) < 4.78 is 0. The molecule has 0 bridgehead atoms. The minimum Gasteiger partial charge on any atom is -0.363 e. The predicted molar refractivity (Wildman–Crippen MR) is 92.8 cm³/mol. The highest BCUT2D eigenvalue weighted by Crippen LogP contribution is 2.09. The fourth-order valence-corrected chi connectivity index (χ4v) is 1.84. The van der Waals surface area contributed by atoms with Gasteiger partial charge in [0.2, 0.25) is 0 Å². The van der Waals surface area contributed by atoms with Crippen LogP contribution in [0.2, 0.25) is 0 Å². The second-order valence-corrected chi connectivity index (χ2v) is 5.34. The lowest BCUT2D eigenvalue weighted by molar-refractivity contribution is 0.0933. The van der Waals surface area contributed by atoms with Gasteiger partial charge in [-0.3, -0.25) is 4.79 Å². The number of amides is 1. The maximum absolute atomic E-state index is 12.1. The maximum atomic E-state index is 12.1. The first-order valence-electron chi connectivity index (χ1n) is 6.58. The zero-order chi connectivity index (χ0) is 14.4. The number of rotatable bonds is 6. The van der Waals surface area contributed by atoms with Gasteiger partial charge in [0.05, 0.1) is 5.56 Å². The van der Waals surface area contributed by atoms with E-state index < -0.39 is 0 Å². The normalized spacial score (nSPS) is 11.1. The summed E-state index contributed by atoms with van der Waals surface area (Å²) >= 11 is 0. The predicted octanol–water partition coefficient (Wildman–Crippen LogP) is 2.09. The highest BCUT2D eigenvalue weighted by atomic mass is 35.5. The number of halogens is 2. The lowest BCUT2D eigenvalue weighted by Gasteiger charge is -2.19. The van der Waals surface area contributed by atoms with Crippen molar-refractivity contribution >= 4 is 36.5 Å². The quantitative estimate of drug-likeness (QED) is 0.834. The van der Waals surface area contributed by atoms with Gasteiger partial charge in [0, 0.05) is 32.9 Å². The fourth-order valence-electron chi connectivity index (χ4n) is 1.84. The van der Waals surface area contributed by atoms with Crippen LogP contribution in [0, 0.1) is 5.92 Å². The van der Waals surface area contributed by atoms with Gasteiger partial charge < -0.3 is 16.0 Å². The Hall–Kier alpha value is -1.04. The number of nitrogens with one attached hydrogen (secondary N) is 1. The number of hydrogen-bond acceptors (Lipinski definition) is 4. The standard InChI is InChI=1S/C14H24N4O.2ClH/c1-10(2)7-12(8-15)17-14(19)11-5-6-13(16-9-11)18(3)4;;/h5-6,9-10,12H,7-8,15H2,1-4H3,(H,17,19);2*1H. The minimum absolute atomic E-state index is 0. The van der Waals surface area contributed by atoms with Crippen LogP contribution in [0.4, 0.5) is 5.82 Å². The van der Waals surface area contributed by atoms with Crippen molar-refractivity contribution in [3.05, 3.63) is 23.9 Å². The summed E-state index contributed by atoms with van der Waals surface area (Å²) in [5.41, 5.74) is 6.24. The first-order chi connectivity index (χ1) is 8.93. The van der Waals surface area contributed by atoms with Gasteiger partial charge in [-0.15, -0.1) is 24.8 Å². The molecule has 1 rings (SSSR count). The van der Waals surface area contributed by atoms with Gasteiger partial charge in [-0.05, 0) is 24.5 Å². The number of carbonyl (C=O) groups is 1. The summed E-state index contributed by atoms with van der Waals surface area (Å²) in [4.78, 5) is 18.2. The number of anilines is 1. The molecule has 0 aromatic carbocycles. The molecule has 1 heterocycles. The zero-order valence-electron chi connectivity index (χ0n) is 13.0. The lowest BCUT2D eigenvalue weighted by atomic mass is 10.0. The highest BCUT2D eigenvalue weighted by molar-refractivity contribution is 5.94. The molecule has 3 N–H and O–H groups in total. The molecule has 1 amide bonds. The van der Waals surface area contributed by atoms with Crippen LogP contribution in [0.5, 0.6) is 0 Å². The number of nitrogens with two attached hydrogens (primary N) is 1. The Morgan fingerprint density at radius 2 is 1.95 bits per heavy atom. The van der Waals surface area contributed by atoms with Gasteiger partial charge in [0.1, 0.15) is 5.82 Å². The molecule has 1 aromatic rings. The largest absolute Gasteiger partial charge is 0.363 e. The molecule has 0 radical (unpaired) electrons. The SMILES string of the molecule is CC(C)CC(CN)NC(=O)c1ccc(N(C)C)nc1.Cl.Cl. The molecule has 0 aliphatic rings. The van der Waals surface area contributed by atoms with Gasteiger partial charge >= 0.3 is 0 Å². The molecule has 0 fully saturated rings. The molecule has 0 aliphatic carbocycles. The molecular formula is C14H26Cl2N4O. The van der Waals surface area contributed by atoms with Crippen LogP contribution in [0.1, 0.15) is 30.6 Å². The number of aromatic nitrogens is 1. The Kier molecular flexibility index (Phi) is 11.3. The summed E-state index contributed by atoms with van der Waals surface area (Å²) in [5.74, 6) is 1.21. The van der Waals surface area contributed by atoms with Crippen LogP contribution < -0.4 is 16.0 Å². The molecule has 0 saturated carbocycles. The van der Waals surface area contributed by atoms with Crippen molar-refractivity contribution in [2.45, 2.75) is 26.3 Å². The van der Waals surface area contributed by atoms with E-state index in [4.69, 9.17) is 5.73 Å². The molecule has 0 saturated heterocycles. The Morgan fingerprint density at radius 1 is 1.33 bits per heavy atom. The minimum atomic E-state index is -0.117. The highest BCUT2D eigenvalue weighted by Gasteiger charge is 2.14. The van der Waals surface area contributed by atoms with Crippen molar-refractivity contribution in [1.29, 1.82) is 0 Å². The average Bonchev–Trinajstić information content (AvgIpc) is 2.37. The Labute approximate surface area is 139 Å². The van der Waals surface area contributed by atoms with Crippen LogP contribution >= 0.6 is 24.8 Å². The third-order valence-corrected chi connectivity index (χ3v) is 2.84. The molecule has 122 valence electrons. The second kappa shape index (κ2) is 10.7. The monoisotopic (exact) mass is 336 g/mol. The molecule has 1 unspecified atom stereocenters. The fraction of sp³-hybridized carbons (Fsp3) is 0.571. The molecule has 7 heteroatoms. The summed E-state index contributed by atoms with van der Waals surface area (Å²) in [5, 5.41) is 2.95.